The molecule has 2 heterocycles. The number of fused-ring (bicyclic) bond motifs is 1. The summed E-state index contributed by atoms with van der Waals surface area (Å²) in [7, 11) is 0. The Balaban J connectivity index is 2.18. The van der Waals surface area contributed by atoms with Gasteiger partial charge in [0.25, 0.3) is 5.56 Å². The van der Waals surface area contributed by atoms with Gasteiger partial charge in [-0.1, -0.05) is 0 Å². The Morgan fingerprint density at radius 2 is 2.21 bits per heavy atom. The molecule has 98 valence electrons. The van der Waals surface area contributed by atoms with Crippen molar-refractivity contribution in [3.05, 3.63) is 32.5 Å². The van der Waals surface area contributed by atoms with Crippen molar-refractivity contribution in [1.29, 1.82) is 0 Å². The fourth-order valence-electron chi connectivity index (χ4n) is 1.76. The molecule has 0 unspecified atom stereocenters. The monoisotopic (exact) mass is 324 g/mol. The molecule has 0 saturated heterocycles. The van der Waals surface area contributed by atoms with E-state index in [9.17, 15) is 9.90 Å². The maximum Gasteiger partial charge on any atom is 0.257 e. The highest BCUT2D eigenvalue weighted by Crippen LogP contribution is 2.41. The number of hydrogen-bond donors (Lipinski definition) is 2. The highest BCUT2D eigenvalue weighted by atomic mass is 79.9. The standard InChI is InChI=1S/C12H9BrN2O4/c1-5-11(16)14-10(15-12(5)17)6-2-7(13)9-8(3-6)18-4-19-9/h2-3H,4H2,1H3,(H2,14,15,16,17). The second kappa shape index (κ2) is 4.27. The number of nitrogens with one attached hydrogen (secondary N) is 1. The molecule has 0 spiro atoms. The molecule has 1 aromatic carbocycles. The van der Waals surface area contributed by atoms with E-state index in [-0.39, 0.29) is 29.6 Å². The van der Waals surface area contributed by atoms with Crippen LogP contribution in [-0.2, 0) is 0 Å². The minimum atomic E-state index is -0.378. The van der Waals surface area contributed by atoms with Gasteiger partial charge in [0.1, 0.15) is 5.82 Å². The van der Waals surface area contributed by atoms with Crippen LogP contribution < -0.4 is 15.0 Å². The van der Waals surface area contributed by atoms with Gasteiger partial charge in [0.05, 0.1) is 10.0 Å². The number of ether oxygens (including phenoxy) is 2. The second-order valence-corrected chi connectivity index (χ2v) is 4.91. The first kappa shape index (κ1) is 12.0. The van der Waals surface area contributed by atoms with Crippen LogP contribution in [0.2, 0.25) is 0 Å². The van der Waals surface area contributed by atoms with E-state index in [1.54, 1.807) is 12.1 Å². The smallest absolute Gasteiger partial charge is 0.257 e. The van der Waals surface area contributed by atoms with Gasteiger partial charge in [-0.15, -0.1) is 0 Å². The molecule has 1 aliphatic rings. The van der Waals surface area contributed by atoms with E-state index in [0.717, 1.165) is 0 Å². The van der Waals surface area contributed by atoms with Crippen molar-refractivity contribution in [2.45, 2.75) is 6.92 Å². The Kier molecular flexibility index (Phi) is 2.70. The number of aromatic amines is 1. The molecule has 1 aliphatic heterocycles. The molecule has 0 fully saturated rings. The van der Waals surface area contributed by atoms with Crippen molar-refractivity contribution in [3.63, 3.8) is 0 Å². The van der Waals surface area contributed by atoms with Crippen molar-refractivity contribution < 1.29 is 14.6 Å². The highest BCUT2D eigenvalue weighted by molar-refractivity contribution is 9.10. The topological polar surface area (TPSA) is 84.4 Å². The fraction of sp³-hybridized carbons (Fsp3) is 0.167. The highest BCUT2D eigenvalue weighted by Gasteiger charge is 2.19. The molecule has 3 rings (SSSR count). The van der Waals surface area contributed by atoms with Crippen molar-refractivity contribution >= 4 is 15.9 Å². The molecule has 2 aromatic rings. The zero-order valence-corrected chi connectivity index (χ0v) is 11.4. The fourth-order valence-corrected chi connectivity index (χ4v) is 2.32. The summed E-state index contributed by atoms with van der Waals surface area (Å²) in [6.07, 6.45) is 0. The van der Waals surface area contributed by atoms with Crippen LogP contribution in [0.15, 0.2) is 21.4 Å². The Labute approximate surface area is 116 Å². The molecule has 7 heteroatoms. The van der Waals surface area contributed by atoms with Gasteiger partial charge in [-0.25, -0.2) is 0 Å². The zero-order chi connectivity index (χ0) is 13.6. The molecule has 0 atom stereocenters. The zero-order valence-electron chi connectivity index (χ0n) is 9.86. The average Bonchev–Trinajstić information content (AvgIpc) is 2.84. The van der Waals surface area contributed by atoms with Gasteiger partial charge < -0.3 is 19.6 Å². The summed E-state index contributed by atoms with van der Waals surface area (Å²) >= 11 is 3.36. The van der Waals surface area contributed by atoms with E-state index in [2.05, 4.69) is 25.9 Å². The first-order valence-corrected chi connectivity index (χ1v) is 6.25. The summed E-state index contributed by atoms with van der Waals surface area (Å²) in [6, 6.07) is 3.43. The Morgan fingerprint density at radius 3 is 2.95 bits per heavy atom. The maximum absolute atomic E-state index is 11.6. The van der Waals surface area contributed by atoms with Crippen LogP contribution >= 0.6 is 15.9 Å². The van der Waals surface area contributed by atoms with Crippen LogP contribution in [0.1, 0.15) is 5.56 Å². The Bertz CT molecular complexity index is 726. The number of nitrogens with zero attached hydrogens (tertiary/aromatic N) is 1. The average molecular weight is 325 g/mol. The molecule has 19 heavy (non-hydrogen) atoms. The van der Waals surface area contributed by atoms with Gasteiger partial charge in [0, 0.05) is 5.56 Å². The molecule has 6 nitrogen and oxygen atoms in total. The first-order valence-electron chi connectivity index (χ1n) is 5.45. The van der Waals surface area contributed by atoms with E-state index in [0.29, 0.717) is 21.5 Å². The number of hydrogen-bond acceptors (Lipinski definition) is 5. The largest absolute Gasteiger partial charge is 0.493 e. The molecule has 0 amide bonds. The van der Waals surface area contributed by atoms with Crippen LogP contribution in [0.4, 0.5) is 0 Å². The quantitative estimate of drug-likeness (QED) is 0.837. The van der Waals surface area contributed by atoms with Gasteiger partial charge >= 0.3 is 0 Å². The van der Waals surface area contributed by atoms with E-state index in [1.165, 1.54) is 6.92 Å². The third-order valence-electron chi connectivity index (χ3n) is 2.83. The van der Waals surface area contributed by atoms with Crippen LogP contribution in [0.3, 0.4) is 0 Å². The van der Waals surface area contributed by atoms with E-state index >= 15 is 0 Å². The molecular weight excluding hydrogens is 316 g/mol. The number of H-pyrrole nitrogens is 1. The van der Waals surface area contributed by atoms with Gasteiger partial charge in [-0.2, -0.15) is 4.98 Å². The summed E-state index contributed by atoms with van der Waals surface area (Å²) in [5.74, 6) is 1.16. The van der Waals surface area contributed by atoms with Gasteiger partial charge in [0.2, 0.25) is 12.7 Å². The lowest BCUT2D eigenvalue weighted by Crippen LogP contribution is -2.12. The lowest BCUT2D eigenvalue weighted by molar-refractivity contribution is 0.173. The summed E-state index contributed by atoms with van der Waals surface area (Å²) in [5.41, 5.74) is 0.420. The summed E-state index contributed by atoms with van der Waals surface area (Å²) in [4.78, 5) is 18.2. The predicted molar refractivity (Wildman–Crippen MR) is 70.5 cm³/mol. The van der Waals surface area contributed by atoms with Crippen molar-refractivity contribution in [2.24, 2.45) is 0 Å². The third-order valence-corrected chi connectivity index (χ3v) is 3.42. The molecular formula is C12H9BrN2O4. The molecule has 0 saturated carbocycles. The molecule has 0 radical (unpaired) electrons. The van der Waals surface area contributed by atoms with Crippen LogP contribution in [0.25, 0.3) is 11.4 Å². The minimum Gasteiger partial charge on any atom is -0.493 e. The number of halogens is 1. The predicted octanol–water partition coefficient (Wildman–Crippen LogP) is 1.94. The second-order valence-electron chi connectivity index (χ2n) is 4.05. The normalized spacial score (nSPS) is 12.7. The van der Waals surface area contributed by atoms with Crippen LogP contribution in [0, 0.1) is 6.92 Å². The number of aromatic hydroxyl groups is 1. The lowest BCUT2D eigenvalue weighted by atomic mass is 10.2. The number of rotatable bonds is 1. The van der Waals surface area contributed by atoms with E-state index < -0.39 is 0 Å². The summed E-state index contributed by atoms with van der Waals surface area (Å²) in [5, 5.41) is 9.61. The van der Waals surface area contributed by atoms with Crippen LogP contribution in [-0.4, -0.2) is 21.9 Å². The molecule has 1 aromatic heterocycles. The van der Waals surface area contributed by atoms with Crippen LogP contribution in [0.5, 0.6) is 17.4 Å². The Hall–Kier alpha value is -2.02. The number of aromatic nitrogens is 2. The molecule has 0 aliphatic carbocycles. The van der Waals surface area contributed by atoms with Gasteiger partial charge in [-0.3, -0.25) is 4.79 Å². The van der Waals surface area contributed by atoms with E-state index in [1.807, 2.05) is 0 Å². The first-order chi connectivity index (χ1) is 9.06. The summed E-state index contributed by atoms with van der Waals surface area (Å²) in [6.45, 7) is 1.65. The Morgan fingerprint density at radius 1 is 1.42 bits per heavy atom. The van der Waals surface area contributed by atoms with E-state index in [4.69, 9.17) is 9.47 Å². The minimum absolute atomic E-state index is 0.153. The van der Waals surface area contributed by atoms with Gasteiger partial charge in [0.15, 0.2) is 11.5 Å². The van der Waals surface area contributed by atoms with Crippen molar-refractivity contribution in [1.82, 2.24) is 9.97 Å². The van der Waals surface area contributed by atoms with Gasteiger partial charge in [-0.05, 0) is 35.0 Å². The summed E-state index contributed by atoms with van der Waals surface area (Å²) < 4.78 is 11.3. The molecule has 2 N–H and O–H groups in total. The molecule has 0 bridgehead atoms. The SMILES string of the molecule is Cc1c(O)nc(-c2cc(Br)c3c(c2)OCO3)[nH]c1=O. The third kappa shape index (κ3) is 1.95. The number of benzene rings is 1. The van der Waals surface area contributed by atoms with Crippen molar-refractivity contribution in [3.8, 4) is 28.8 Å². The lowest BCUT2D eigenvalue weighted by Gasteiger charge is -2.06. The maximum atomic E-state index is 11.6. The van der Waals surface area contributed by atoms with Crippen molar-refractivity contribution in [2.75, 3.05) is 6.79 Å².